The van der Waals surface area contributed by atoms with E-state index in [9.17, 15) is 18.0 Å². The van der Waals surface area contributed by atoms with Gasteiger partial charge in [0, 0.05) is 37.0 Å². The Bertz CT molecular complexity index is 1430. The van der Waals surface area contributed by atoms with Gasteiger partial charge in [-0.2, -0.15) is 0 Å². The van der Waals surface area contributed by atoms with Gasteiger partial charge in [-0.3, -0.25) is 9.36 Å². The lowest BCUT2D eigenvalue weighted by Gasteiger charge is -2.17. The predicted molar refractivity (Wildman–Crippen MR) is 137 cm³/mol. The number of imidazole rings is 1. The Morgan fingerprint density at radius 1 is 0.947 bits per heavy atom. The minimum atomic E-state index is -3.36. The first-order valence-electron chi connectivity index (χ1n) is 12.1. The van der Waals surface area contributed by atoms with E-state index in [1.54, 1.807) is 16.2 Å². The monoisotopic (exact) mass is 525 g/mol. The number of hydrogen-bond donors (Lipinski definition) is 1. The quantitative estimate of drug-likeness (QED) is 0.326. The molecule has 8 nitrogen and oxygen atoms in total. The Kier molecular flexibility index (Phi) is 7.08. The van der Waals surface area contributed by atoms with Gasteiger partial charge in [-0.1, -0.05) is 6.07 Å². The minimum Gasteiger partial charge on any atom is -0.496 e. The van der Waals surface area contributed by atoms with E-state index in [2.05, 4.69) is 14.9 Å². The van der Waals surface area contributed by atoms with Crippen molar-refractivity contribution in [3.63, 3.8) is 0 Å². The molecule has 1 atom stereocenters. The lowest BCUT2D eigenvalue weighted by molar-refractivity contribution is 0.0285. The highest BCUT2D eigenvalue weighted by Gasteiger charge is 2.27. The maximum absolute atomic E-state index is 13.5. The Balaban J connectivity index is 1.46. The number of pyridine rings is 1. The van der Waals surface area contributed by atoms with Crippen molar-refractivity contribution < 1.29 is 27.4 Å². The van der Waals surface area contributed by atoms with Crippen molar-refractivity contribution in [3.05, 3.63) is 60.6 Å². The van der Waals surface area contributed by atoms with Crippen molar-refractivity contribution in [2.24, 2.45) is 0 Å². The van der Waals surface area contributed by atoms with E-state index in [1.807, 2.05) is 36.5 Å². The standard InChI is InChI=1S/C27H26F3N5O3/c1-37-21-12-18(13-22(38-2)24(21)27(36)33-26(30)25(28)29)35-15-32-19-11-16(5-7-20(19)35)17-6-8-23(31-14-17)34-9-3-4-10-34/h5-8,11-15,25-26H,3-4,9-10H2,1-2H3,(H,33,36). The molecule has 0 saturated carbocycles. The average molecular weight is 526 g/mol. The van der Waals surface area contributed by atoms with Crippen LogP contribution < -0.4 is 19.7 Å². The number of benzene rings is 2. The maximum atomic E-state index is 13.5. The van der Waals surface area contributed by atoms with E-state index in [0.29, 0.717) is 5.69 Å². The molecule has 1 saturated heterocycles. The van der Waals surface area contributed by atoms with Gasteiger partial charge < -0.3 is 19.7 Å². The number of carbonyl (C=O) groups is 1. The number of hydrogen-bond acceptors (Lipinski definition) is 6. The third kappa shape index (κ3) is 4.83. The van der Waals surface area contributed by atoms with Gasteiger partial charge in [0.2, 0.25) is 6.30 Å². The van der Waals surface area contributed by atoms with E-state index >= 15 is 0 Å². The van der Waals surface area contributed by atoms with Crippen LogP contribution in [0.3, 0.4) is 0 Å². The van der Waals surface area contributed by atoms with Crippen molar-refractivity contribution in [2.45, 2.75) is 25.6 Å². The summed E-state index contributed by atoms with van der Waals surface area (Å²) >= 11 is 0. The third-order valence-electron chi connectivity index (χ3n) is 6.54. The largest absolute Gasteiger partial charge is 0.496 e. The predicted octanol–water partition coefficient (Wildman–Crippen LogP) is 5.00. The first kappa shape index (κ1) is 25.4. The van der Waals surface area contributed by atoms with E-state index in [-0.39, 0.29) is 17.1 Å². The zero-order chi connectivity index (χ0) is 26.8. The number of ether oxygens (including phenoxy) is 2. The minimum absolute atomic E-state index is 0.0287. The second-order valence-electron chi connectivity index (χ2n) is 8.85. The third-order valence-corrected chi connectivity index (χ3v) is 6.54. The van der Waals surface area contributed by atoms with Gasteiger partial charge in [0.15, 0.2) is 0 Å². The first-order chi connectivity index (χ1) is 18.4. The molecular formula is C27H26F3N5O3. The van der Waals surface area contributed by atoms with E-state index < -0.39 is 18.6 Å². The van der Waals surface area contributed by atoms with E-state index in [4.69, 9.17) is 9.47 Å². The number of methoxy groups -OCH3 is 2. The second-order valence-corrected chi connectivity index (χ2v) is 8.85. The number of nitrogens with zero attached hydrogens (tertiary/aromatic N) is 4. The van der Waals surface area contributed by atoms with Crippen LogP contribution in [0.15, 0.2) is 55.0 Å². The molecule has 0 radical (unpaired) electrons. The summed E-state index contributed by atoms with van der Waals surface area (Å²) < 4.78 is 51.1. The molecule has 1 aliphatic rings. The van der Waals surface area contributed by atoms with Crippen molar-refractivity contribution in [3.8, 4) is 28.3 Å². The van der Waals surface area contributed by atoms with Crippen LogP contribution in [0.25, 0.3) is 27.8 Å². The fourth-order valence-electron chi connectivity index (χ4n) is 4.61. The molecule has 38 heavy (non-hydrogen) atoms. The van der Waals surface area contributed by atoms with Crippen molar-refractivity contribution in [1.82, 2.24) is 19.9 Å². The SMILES string of the molecule is COc1cc(-n2cnc3cc(-c4ccc(N5CCCC5)nc4)ccc32)cc(OC)c1C(=O)NC(F)C(F)F. The molecule has 3 heterocycles. The number of alkyl halides is 3. The molecule has 1 aliphatic heterocycles. The summed E-state index contributed by atoms with van der Waals surface area (Å²) in [5, 5.41) is 1.63. The van der Waals surface area contributed by atoms with Crippen LogP contribution in [-0.4, -0.2) is 60.5 Å². The van der Waals surface area contributed by atoms with Gasteiger partial charge in [-0.25, -0.2) is 23.1 Å². The number of aromatic nitrogens is 3. The Morgan fingerprint density at radius 3 is 2.24 bits per heavy atom. The first-order valence-corrected chi connectivity index (χ1v) is 12.1. The lowest BCUT2D eigenvalue weighted by atomic mass is 10.1. The molecule has 4 aromatic rings. The molecule has 1 unspecified atom stereocenters. The highest BCUT2D eigenvalue weighted by molar-refractivity contribution is 6.00. The van der Waals surface area contributed by atoms with Gasteiger partial charge in [-0.15, -0.1) is 0 Å². The smallest absolute Gasteiger partial charge is 0.287 e. The molecule has 1 N–H and O–H groups in total. The van der Waals surface area contributed by atoms with Crippen LogP contribution in [0.1, 0.15) is 23.2 Å². The van der Waals surface area contributed by atoms with Crippen molar-refractivity contribution in [1.29, 1.82) is 0 Å². The number of fused-ring (bicyclic) bond motifs is 1. The summed E-state index contributed by atoms with van der Waals surface area (Å²) in [7, 11) is 2.63. The van der Waals surface area contributed by atoms with Crippen LogP contribution in [0.5, 0.6) is 11.5 Å². The zero-order valence-corrected chi connectivity index (χ0v) is 20.8. The summed E-state index contributed by atoms with van der Waals surface area (Å²) in [5.74, 6) is -0.0442. The summed E-state index contributed by atoms with van der Waals surface area (Å²) in [6.07, 6.45) is -0.334. The molecule has 11 heteroatoms. The molecule has 2 aromatic heterocycles. The highest BCUT2D eigenvalue weighted by atomic mass is 19.3. The van der Waals surface area contributed by atoms with Gasteiger partial charge >= 0.3 is 0 Å². The lowest BCUT2D eigenvalue weighted by Crippen LogP contribution is -2.36. The number of nitrogens with one attached hydrogen (secondary N) is 1. The van der Waals surface area contributed by atoms with E-state index in [0.717, 1.165) is 41.1 Å². The summed E-state index contributed by atoms with van der Waals surface area (Å²) in [4.78, 5) is 24.0. The fourth-order valence-corrected chi connectivity index (χ4v) is 4.61. The number of anilines is 1. The van der Waals surface area contributed by atoms with Crippen molar-refractivity contribution >= 4 is 22.8 Å². The topological polar surface area (TPSA) is 81.5 Å². The molecule has 0 aliphatic carbocycles. The molecule has 2 aromatic carbocycles. The number of rotatable bonds is 8. The van der Waals surface area contributed by atoms with Crippen molar-refractivity contribution in [2.75, 3.05) is 32.2 Å². The van der Waals surface area contributed by atoms with Crippen LogP contribution in [0, 0.1) is 0 Å². The van der Waals surface area contributed by atoms with Gasteiger partial charge in [0.05, 0.1) is 30.9 Å². The molecule has 198 valence electrons. The summed E-state index contributed by atoms with van der Waals surface area (Å²) in [6.45, 7) is 2.06. The van der Waals surface area contributed by atoms with Gasteiger partial charge in [0.1, 0.15) is 29.2 Å². The number of carbonyl (C=O) groups excluding carboxylic acids is 1. The molecule has 0 bridgehead atoms. The summed E-state index contributed by atoms with van der Waals surface area (Å²) in [5.41, 5.74) is 3.79. The van der Waals surface area contributed by atoms with Crippen LogP contribution in [0.4, 0.5) is 19.0 Å². The Labute approximate surface area is 217 Å². The van der Waals surface area contributed by atoms with E-state index in [1.165, 1.54) is 39.2 Å². The van der Waals surface area contributed by atoms with Gasteiger partial charge in [0.25, 0.3) is 12.3 Å². The Hall–Kier alpha value is -4.28. The maximum Gasteiger partial charge on any atom is 0.287 e. The Morgan fingerprint density at radius 2 is 1.63 bits per heavy atom. The molecule has 0 spiro atoms. The van der Waals surface area contributed by atoms with Crippen LogP contribution in [0.2, 0.25) is 0 Å². The molecule has 1 amide bonds. The zero-order valence-electron chi connectivity index (χ0n) is 20.8. The molecule has 1 fully saturated rings. The van der Waals surface area contributed by atoms with Crippen LogP contribution in [-0.2, 0) is 0 Å². The average Bonchev–Trinajstić information content (AvgIpc) is 3.62. The van der Waals surface area contributed by atoms with Gasteiger partial charge in [-0.05, 0) is 42.7 Å². The normalized spacial score (nSPS) is 14.2. The number of halogens is 3. The molecule has 5 rings (SSSR count). The summed E-state index contributed by atoms with van der Waals surface area (Å²) in [6, 6.07) is 13.0. The molecular weight excluding hydrogens is 499 g/mol. The fraction of sp³-hybridized carbons (Fsp3) is 0.296. The number of amides is 1. The van der Waals surface area contributed by atoms with Crippen LogP contribution >= 0.6 is 0 Å². The second kappa shape index (κ2) is 10.6. The highest BCUT2D eigenvalue weighted by Crippen LogP contribution is 2.34.